The third-order valence-electron chi connectivity index (χ3n) is 3.26. The van der Waals surface area contributed by atoms with Crippen LogP contribution in [0.2, 0.25) is 0 Å². The molecule has 0 aliphatic heterocycles. The van der Waals surface area contributed by atoms with Gasteiger partial charge in [-0.15, -0.1) is 10.2 Å². The van der Waals surface area contributed by atoms with Crippen molar-refractivity contribution in [2.45, 2.75) is 13.1 Å². The fraction of sp³-hybridized carbons (Fsp3) is 0.125. The first-order valence-corrected chi connectivity index (χ1v) is 7.08. The summed E-state index contributed by atoms with van der Waals surface area (Å²) in [6.45, 7) is 1.38. The summed E-state index contributed by atoms with van der Waals surface area (Å²) in [5, 5.41) is 10.3. The molecule has 25 heavy (non-hydrogen) atoms. The highest BCUT2D eigenvalue weighted by molar-refractivity contribution is 5.91. The number of alkyl halides is 3. The predicted octanol–water partition coefficient (Wildman–Crippen LogP) is 4.10. The monoisotopic (exact) mass is 348 g/mol. The number of oxazole rings is 1. The zero-order chi connectivity index (χ0) is 18.0. The summed E-state index contributed by atoms with van der Waals surface area (Å²) in [6.07, 6.45) is -3.01. The molecule has 0 spiro atoms. The van der Waals surface area contributed by atoms with Crippen LogP contribution in [0.25, 0.3) is 11.3 Å². The standard InChI is InChI=1S/C16H11F3N4O2/c1-9(24)12-6-7-14(23-22-12)21-15-20-8-13(25-15)10-2-4-11(5-3-10)16(17,18)19/h2-8H,1H3,(H,20,21,23). The molecule has 0 radical (unpaired) electrons. The zero-order valence-electron chi connectivity index (χ0n) is 12.8. The van der Waals surface area contributed by atoms with E-state index in [2.05, 4.69) is 20.5 Å². The maximum atomic E-state index is 12.6. The SMILES string of the molecule is CC(=O)c1ccc(Nc2ncc(-c3ccc(C(F)(F)F)cc3)o2)nn1. The van der Waals surface area contributed by atoms with Gasteiger partial charge in [-0.05, 0) is 24.3 Å². The van der Waals surface area contributed by atoms with Crippen LogP contribution in [0.3, 0.4) is 0 Å². The van der Waals surface area contributed by atoms with Gasteiger partial charge in [0.15, 0.2) is 17.4 Å². The number of rotatable bonds is 4. The van der Waals surface area contributed by atoms with Gasteiger partial charge in [0.1, 0.15) is 5.69 Å². The molecule has 1 N–H and O–H groups in total. The van der Waals surface area contributed by atoms with E-state index in [1.807, 2.05) is 0 Å². The van der Waals surface area contributed by atoms with Crippen LogP contribution >= 0.6 is 0 Å². The van der Waals surface area contributed by atoms with Crippen molar-refractivity contribution in [2.75, 3.05) is 5.32 Å². The van der Waals surface area contributed by atoms with Crippen LogP contribution in [0.5, 0.6) is 0 Å². The molecule has 0 atom stereocenters. The van der Waals surface area contributed by atoms with Crippen molar-refractivity contribution in [1.29, 1.82) is 0 Å². The maximum absolute atomic E-state index is 12.6. The number of nitrogens with one attached hydrogen (secondary N) is 1. The van der Waals surface area contributed by atoms with E-state index in [1.54, 1.807) is 0 Å². The number of carbonyl (C=O) groups is 1. The second-order valence-electron chi connectivity index (χ2n) is 5.09. The molecule has 3 aromatic rings. The van der Waals surface area contributed by atoms with E-state index in [0.29, 0.717) is 17.1 Å². The third-order valence-corrected chi connectivity index (χ3v) is 3.26. The summed E-state index contributed by atoms with van der Waals surface area (Å²) in [7, 11) is 0. The van der Waals surface area contributed by atoms with Gasteiger partial charge in [-0.1, -0.05) is 12.1 Å². The van der Waals surface area contributed by atoms with Gasteiger partial charge in [0, 0.05) is 12.5 Å². The Morgan fingerprint density at radius 3 is 2.36 bits per heavy atom. The second-order valence-corrected chi connectivity index (χ2v) is 5.09. The van der Waals surface area contributed by atoms with Gasteiger partial charge in [-0.2, -0.15) is 13.2 Å². The van der Waals surface area contributed by atoms with Gasteiger partial charge in [0.25, 0.3) is 0 Å². The molecule has 0 fully saturated rings. The zero-order valence-corrected chi connectivity index (χ0v) is 12.8. The molecule has 1 aromatic carbocycles. The molecule has 0 aliphatic carbocycles. The highest BCUT2D eigenvalue weighted by atomic mass is 19.4. The summed E-state index contributed by atoms with van der Waals surface area (Å²) in [4.78, 5) is 15.1. The van der Waals surface area contributed by atoms with Gasteiger partial charge in [0.05, 0.1) is 11.8 Å². The highest BCUT2D eigenvalue weighted by Crippen LogP contribution is 2.31. The summed E-state index contributed by atoms with van der Waals surface area (Å²) < 4.78 is 43.1. The normalized spacial score (nSPS) is 11.4. The smallest absolute Gasteiger partial charge is 0.416 e. The molecule has 6 nitrogen and oxygen atoms in total. The minimum absolute atomic E-state index is 0.0970. The van der Waals surface area contributed by atoms with E-state index in [1.165, 1.54) is 37.4 Å². The molecular weight excluding hydrogens is 337 g/mol. The minimum Gasteiger partial charge on any atom is -0.423 e. The summed E-state index contributed by atoms with van der Waals surface area (Å²) in [6, 6.07) is 7.67. The van der Waals surface area contributed by atoms with E-state index >= 15 is 0 Å². The number of hydrogen-bond donors (Lipinski definition) is 1. The van der Waals surface area contributed by atoms with Gasteiger partial charge in [-0.25, -0.2) is 4.98 Å². The lowest BCUT2D eigenvalue weighted by Gasteiger charge is -2.06. The molecule has 0 saturated heterocycles. The first-order chi connectivity index (χ1) is 11.8. The number of Topliss-reactive ketones (excluding diaryl/α,β-unsaturated/α-hetero) is 1. The van der Waals surface area contributed by atoms with Gasteiger partial charge < -0.3 is 4.42 Å². The number of carbonyl (C=O) groups excluding carboxylic acids is 1. The summed E-state index contributed by atoms with van der Waals surface area (Å²) in [5.74, 6) is 0.398. The van der Waals surface area contributed by atoms with E-state index < -0.39 is 11.7 Å². The van der Waals surface area contributed by atoms with Crippen LogP contribution in [0.1, 0.15) is 23.0 Å². The van der Waals surface area contributed by atoms with Crippen LogP contribution in [-0.4, -0.2) is 21.0 Å². The first kappa shape index (κ1) is 16.6. The number of nitrogens with zero attached hydrogens (tertiary/aromatic N) is 3. The van der Waals surface area contributed by atoms with Gasteiger partial charge in [-0.3, -0.25) is 10.1 Å². The van der Waals surface area contributed by atoms with Crippen molar-refractivity contribution in [1.82, 2.24) is 15.2 Å². The quantitative estimate of drug-likeness (QED) is 0.715. The Morgan fingerprint density at radius 1 is 1.08 bits per heavy atom. The van der Waals surface area contributed by atoms with Gasteiger partial charge >= 0.3 is 12.2 Å². The lowest BCUT2D eigenvalue weighted by Crippen LogP contribution is -2.03. The lowest BCUT2D eigenvalue weighted by molar-refractivity contribution is -0.137. The number of halogens is 3. The molecule has 0 saturated carbocycles. The van der Waals surface area contributed by atoms with Crippen molar-refractivity contribution < 1.29 is 22.4 Å². The Hall–Kier alpha value is -3.23. The maximum Gasteiger partial charge on any atom is 0.416 e. The highest BCUT2D eigenvalue weighted by Gasteiger charge is 2.30. The Balaban J connectivity index is 1.75. The molecule has 128 valence electrons. The van der Waals surface area contributed by atoms with Crippen LogP contribution in [0.15, 0.2) is 47.0 Å². The molecule has 0 unspecified atom stereocenters. The molecule has 2 heterocycles. The number of aromatic nitrogens is 3. The lowest BCUT2D eigenvalue weighted by atomic mass is 10.1. The largest absolute Gasteiger partial charge is 0.423 e. The van der Waals surface area contributed by atoms with Crippen molar-refractivity contribution >= 4 is 17.6 Å². The molecule has 0 aliphatic rings. The number of hydrogen-bond acceptors (Lipinski definition) is 6. The Kier molecular flexibility index (Phi) is 4.22. The van der Waals surface area contributed by atoms with Crippen LogP contribution in [0.4, 0.5) is 25.0 Å². The average Bonchev–Trinajstić information content (AvgIpc) is 3.03. The molecule has 0 bridgehead atoms. The molecule has 3 rings (SSSR count). The first-order valence-electron chi connectivity index (χ1n) is 7.08. The number of ketones is 1. The number of benzene rings is 1. The van der Waals surface area contributed by atoms with Crippen molar-refractivity contribution in [2.24, 2.45) is 0 Å². The van der Waals surface area contributed by atoms with E-state index in [4.69, 9.17) is 4.42 Å². The molecule has 9 heteroatoms. The van der Waals surface area contributed by atoms with Crippen LogP contribution in [-0.2, 0) is 6.18 Å². The topological polar surface area (TPSA) is 80.9 Å². The average molecular weight is 348 g/mol. The molecule has 2 aromatic heterocycles. The van der Waals surface area contributed by atoms with Crippen molar-refractivity contribution in [3.05, 3.63) is 53.9 Å². The fourth-order valence-electron chi connectivity index (χ4n) is 1.99. The van der Waals surface area contributed by atoms with E-state index in [0.717, 1.165) is 12.1 Å². The summed E-state index contributed by atoms with van der Waals surface area (Å²) in [5.41, 5.74) is -0.0649. The predicted molar refractivity (Wildman–Crippen MR) is 82.3 cm³/mol. The fourth-order valence-corrected chi connectivity index (χ4v) is 1.99. The van der Waals surface area contributed by atoms with Crippen molar-refractivity contribution in [3.63, 3.8) is 0 Å². The Labute approximate surface area is 139 Å². The number of anilines is 2. The minimum atomic E-state index is -4.39. The Morgan fingerprint density at radius 2 is 1.80 bits per heavy atom. The third kappa shape index (κ3) is 3.82. The second kappa shape index (κ2) is 6.34. The van der Waals surface area contributed by atoms with Crippen molar-refractivity contribution in [3.8, 4) is 11.3 Å². The molecular formula is C16H11F3N4O2. The van der Waals surface area contributed by atoms with E-state index in [9.17, 15) is 18.0 Å². The van der Waals surface area contributed by atoms with E-state index in [-0.39, 0.29) is 17.5 Å². The van der Waals surface area contributed by atoms with Crippen LogP contribution < -0.4 is 5.32 Å². The molecule has 0 amide bonds. The van der Waals surface area contributed by atoms with Crippen LogP contribution in [0, 0.1) is 0 Å². The summed E-state index contributed by atoms with van der Waals surface area (Å²) >= 11 is 0. The Bertz CT molecular complexity index is 887. The van der Waals surface area contributed by atoms with Gasteiger partial charge in [0.2, 0.25) is 0 Å².